The first-order valence-electron chi connectivity index (χ1n) is 4.74. The molecule has 0 aliphatic rings. The van der Waals surface area contributed by atoms with Gasteiger partial charge in [0, 0.05) is 6.54 Å². The molecule has 0 amide bonds. The fourth-order valence-electron chi connectivity index (χ4n) is 1.53. The Morgan fingerprint density at radius 1 is 1.33 bits per heavy atom. The Balaban J connectivity index is 2.44. The number of ether oxygens (including phenoxy) is 1. The average molecular weight is 219 g/mol. The number of hydrogen-bond donors (Lipinski definition) is 1. The van der Waals surface area contributed by atoms with Gasteiger partial charge in [0.2, 0.25) is 0 Å². The standard InChI is InChI=1S/C12H13NOS/c1-14-11-4-2-3-9(5-11)12-8-15-7-10(12)6-13/h2-5,7-8H,6,13H2,1H3. The minimum Gasteiger partial charge on any atom is -0.497 e. The number of hydrogen-bond acceptors (Lipinski definition) is 3. The minimum absolute atomic E-state index is 0.579. The van der Waals surface area contributed by atoms with Crippen molar-refractivity contribution in [2.45, 2.75) is 6.54 Å². The van der Waals surface area contributed by atoms with E-state index in [9.17, 15) is 0 Å². The zero-order valence-electron chi connectivity index (χ0n) is 8.57. The van der Waals surface area contributed by atoms with Gasteiger partial charge in [0.1, 0.15) is 5.75 Å². The lowest BCUT2D eigenvalue weighted by Gasteiger charge is -2.04. The molecular weight excluding hydrogens is 206 g/mol. The summed E-state index contributed by atoms with van der Waals surface area (Å²) in [7, 11) is 1.68. The number of methoxy groups -OCH3 is 1. The monoisotopic (exact) mass is 219 g/mol. The summed E-state index contributed by atoms with van der Waals surface area (Å²) in [6.07, 6.45) is 0. The second-order valence-corrected chi connectivity index (χ2v) is 3.99. The van der Waals surface area contributed by atoms with Crippen molar-refractivity contribution in [3.05, 3.63) is 40.6 Å². The Labute approximate surface area is 93.3 Å². The van der Waals surface area contributed by atoms with E-state index in [4.69, 9.17) is 10.5 Å². The Hall–Kier alpha value is -1.32. The van der Waals surface area contributed by atoms with Crippen LogP contribution < -0.4 is 10.5 Å². The maximum absolute atomic E-state index is 5.68. The lowest BCUT2D eigenvalue weighted by atomic mass is 10.0. The summed E-state index contributed by atoms with van der Waals surface area (Å²) in [5, 5.41) is 4.21. The van der Waals surface area contributed by atoms with Crippen LogP contribution in [0.5, 0.6) is 5.75 Å². The van der Waals surface area contributed by atoms with Crippen LogP contribution in [0.1, 0.15) is 5.56 Å². The molecule has 1 aromatic carbocycles. The molecule has 0 aliphatic heterocycles. The van der Waals surface area contributed by atoms with Crippen molar-refractivity contribution in [2.75, 3.05) is 7.11 Å². The Bertz CT molecular complexity index is 450. The van der Waals surface area contributed by atoms with Gasteiger partial charge >= 0.3 is 0 Å². The zero-order chi connectivity index (χ0) is 10.7. The Morgan fingerprint density at radius 3 is 2.93 bits per heavy atom. The molecule has 0 saturated carbocycles. The normalized spacial score (nSPS) is 10.3. The summed E-state index contributed by atoms with van der Waals surface area (Å²) < 4.78 is 5.20. The summed E-state index contributed by atoms with van der Waals surface area (Å²) in [6, 6.07) is 8.04. The van der Waals surface area contributed by atoms with E-state index in [0.29, 0.717) is 6.54 Å². The molecule has 1 aromatic heterocycles. The molecule has 3 heteroatoms. The molecule has 15 heavy (non-hydrogen) atoms. The van der Waals surface area contributed by atoms with Crippen molar-refractivity contribution in [3.8, 4) is 16.9 Å². The van der Waals surface area contributed by atoms with Crippen molar-refractivity contribution in [3.63, 3.8) is 0 Å². The van der Waals surface area contributed by atoms with E-state index in [1.807, 2.05) is 18.2 Å². The summed E-state index contributed by atoms with van der Waals surface area (Å²) in [5.41, 5.74) is 9.24. The molecule has 0 spiro atoms. The third-order valence-electron chi connectivity index (χ3n) is 2.34. The second kappa shape index (κ2) is 4.47. The first kappa shape index (κ1) is 10.2. The van der Waals surface area contributed by atoms with Crippen LogP contribution in [0.2, 0.25) is 0 Å². The van der Waals surface area contributed by atoms with Crippen molar-refractivity contribution in [1.29, 1.82) is 0 Å². The van der Waals surface area contributed by atoms with Crippen LogP contribution in [0.3, 0.4) is 0 Å². The highest BCUT2D eigenvalue weighted by Gasteiger charge is 2.05. The van der Waals surface area contributed by atoms with E-state index < -0.39 is 0 Å². The molecule has 0 radical (unpaired) electrons. The fourth-order valence-corrected chi connectivity index (χ4v) is 2.40. The van der Waals surface area contributed by atoms with Crippen LogP contribution in [0, 0.1) is 0 Å². The lowest BCUT2D eigenvalue weighted by molar-refractivity contribution is 0.415. The highest BCUT2D eigenvalue weighted by molar-refractivity contribution is 7.08. The van der Waals surface area contributed by atoms with Gasteiger partial charge in [0.25, 0.3) is 0 Å². The van der Waals surface area contributed by atoms with E-state index in [0.717, 1.165) is 11.3 Å². The third-order valence-corrected chi connectivity index (χ3v) is 3.14. The molecule has 2 nitrogen and oxygen atoms in total. The molecule has 0 saturated heterocycles. The molecule has 0 unspecified atom stereocenters. The number of rotatable bonds is 3. The Kier molecular flexibility index (Phi) is 3.04. The van der Waals surface area contributed by atoms with E-state index in [1.165, 1.54) is 11.1 Å². The van der Waals surface area contributed by atoms with Crippen LogP contribution in [0.25, 0.3) is 11.1 Å². The maximum atomic E-state index is 5.68. The van der Waals surface area contributed by atoms with Crippen molar-refractivity contribution < 1.29 is 4.74 Å². The van der Waals surface area contributed by atoms with Gasteiger partial charge in [-0.05, 0) is 39.6 Å². The van der Waals surface area contributed by atoms with Gasteiger partial charge < -0.3 is 10.5 Å². The average Bonchev–Trinajstić information content (AvgIpc) is 2.77. The Morgan fingerprint density at radius 2 is 2.20 bits per heavy atom. The van der Waals surface area contributed by atoms with Crippen molar-refractivity contribution in [2.24, 2.45) is 5.73 Å². The SMILES string of the molecule is COc1cccc(-c2cscc2CN)c1. The molecule has 2 N–H and O–H groups in total. The first-order valence-corrected chi connectivity index (χ1v) is 5.69. The van der Waals surface area contributed by atoms with Gasteiger partial charge in [-0.3, -0.25) is 0 Å². The van der Waals surface area contributed by atoms with E-state index >= 15 is 0 Å². The predicted octanol–water partition coefficient (Wildman–Crippen LogP) is 2.88. The van der Waals surface area contributed by atoms with Gasteiger partial charge in [-0.25, -0.2) is 0 Å². The largest absolute Gasteiger partial charge is 0.497 e. The van der Waals surface area contributed by atoms with Gasteiger partial charge in [-0.1, -0.05) is 12.1 Å². The van der Waals surface area contributed by atoms with Crippen LogP contribution in [-0.4, -0.2) is 7.11 Å². The number of thiophene rings is 1. The van der Waals surface area contributed by atoms with Crippen LogP contribution in [0.15, 0.2) is 35.0 Å². The maximum Gasteiger partial charge on any atom is 0.119 e. The molecule has 0 atom stereocenters. The van der Waals surface area contributed by atoms with Gasteiger partial charge in [0.05, 0.1) is 7.11 Å². The fraction of sp³-hybridized carbons (Fsp3) is 0.167. The smallest absolute Gasteiger partial charge is 0.119 e. The molecule has 2 rings (SSSR count). The van der Waals surface area contributed by atoms with Crippen molar-refractivity contribution >= 4 is 11.3 Å². The topological polar surface area (TPSA) is 35.2 Å². The van der Waals surface area contributed by atoms with Gasteiger partial charge in [-0.15, -0.1) is 0 Å². The van der Waals surface area contributed by atoms with E-state index in [2.05, 4.69) is 16.8 Å². The third kappa shape index (κ3) is 2.03. The molecule has 78 valence electrons. The molecule has 1 heterocycles. The number of nitrogens with two attached hydrogens (primary N) is 1. The molecule has 0 fully saturated rings. The summed E-state index contributed by atoms with van der Waals surface area (Å²) in [5.74, 6) is 0.877. The number of benzene rings is 1. The molecule has 0 aliphatic carbocycles. The highest BCUT2D eigenvalue weighted by atomic mass is 32.1. The zero-order valence-corrected chi connectivity index (χ0v) is 9.38. The highest BCUT2D eigenvalue weighted by Crippen LogP contribution is 2.29. The van der Waals surface area contributed by atoms with Crippen LogP contribution in [-0.2, 0) is 6.54 Å². The molecule has 0 bridgehead atoms. The summed E-state index contributed by atoms with van der Waals surface area (Å²) in [4.78, 5) is 0. The summed E-state index contributed by atoms with van der Waals surface area (Å²) >= 11 is 1.68. The first-order chi connectivity index (χ1) is 7.35. The van der Waals surface area contributed by atoms with E-state index in [-0.39, 0.29) is 0 Å². The summed E-state index contributed by atoms with van der Waals surface area (Å²) in [6.45, 7) is 0.579. The molecular formula is C12H13NOS. The van der Waals surface area contributed by atoms with Crippen LogP contribution in [0.4, 0.5) is 0 Å². The van der Waals surface area contributed by atoms with Gasteiger partial charge in [-0.2, -0.15) is 11.3 Å². The van der Waals surface area contributed by atoms with Gasteiger partial charge in [0.15, 0.2) is 0 Å². The minimum atomic E-state index is 0.579. The van der Waals surface area contributed by atoms with Crippen molar-refractivity contribution in [1.82, 2.24) is 0 Å². The second-order valence-electron chi connectivity index (χ2n) is 3.25. The van der Waals surface area contributed by atoms with Crippen LogP contribution >= 0.6 is 11.3 Å². The lowest BCUT2D eigenvalue weighted by Crippen LogP contribution is -1.95. The predicted molar refractivity (Wildman–Crippen MR) is 64.2 cm³/mol. The molecule has 2 aromatic rings. The quantitative estimate of drug-likeness (QED) is 0.861. The van der Waals surface area contributed by atoms with E-state index in [1.54, 1.807) is 18.4 Å².